The molecule has 0 amide bonds. The molecule has 2 unspecified atom stereocenters. The van der Waals surface area contributed by atoms with E-state index in [4.69, 9.17) is 5.26 Å². The number of nitriles is 1. The molecule has 0 saturated carbocycles. The molecule has 0 N–H and O–H groups in total. The van der Waals surface area contributed by atoms with Gasteiger partial charge in [-0.2, -0.15) is 5.26 Å². The second kappa shape index (κ2) is 6.03. The van der Waals surface area contributed by atoms with Crippen LogP contribution in [0.15, 0.2) is 24.3 Å². The van der Waals surface area contributed by atoms with E-state index in [0.29, 0.717) is 12.1 Å². The van der Waals surface area contributed by atoms with Crippen molar-refractivity contribution in [2.24, 2.45) is 0 Å². The van der Waals surface area contributed by atoms with Crippen LogP contribution in [0, 0.1) is 17.1 Å². The largest absolute Gasteiger partial charge is 0.361 e. The third-order valence-corrected chi connectivity index (χ3v) is 3.78. The number of hydrogen-bond acceptors (Lipinski definition) is 3. The Balaban J connectivity index is 2.37. The molecule has 0 spiro atoms. The summed E-state index contributed by atoms with van der Waals surface area (Å²) in [6.07, 6.45) is 1.40. The van der Waals surface area contributed by atoms with Gasteiger partial charge in [-0.05, 0) is 39.1 Å². The van der Waals surface area contributed by atoms with Crippen LogP contribution in [0.5, 0.6) is 0 Å². The number of hydrogen-bond donors (Lipinski definition) is 0. The van der Waals surface area contributed by atoms with Gasteiger partial charge in [0.25, 0.3) is 0 Å². The number of para-hydroxylation sites is 1. The maximum Gasteiger partial charge on any atom is 0.146 e. The van der Waals surface area contributed by atoms with Crippen molar-refractivity contribution in [3.05, 3.63) is 30.1 Å². The van der Waals surface area contributed by atoms with E-state index < -0.39 is 0 Å². The van der Waals surface area contributed by atoms with Crippen molar-refractivity contribution < 1.29 is 4.39 Å². The molecule has 0 aromatic heterocycles. The number of halogens is 1. The van der Waals surface area contributed by atoms with Crippen molar-refractivity contribution in [2.75, 3.05) is 25.0 Å². The first-order valence-electron chi connectivity index (χ1n) is 6.72. The summed E-state index contributed by atoms with van der Waals surface area (Å²) in [4.78, 5) is 4.31. The van der Waals surface area contributed by atoms with Crippen molar-refractivity contribution in [1.29, 1.82) is 5.26 Å². The Morgan fingerprint density at radius 1 is 1.42 bits per heavy atom. The van der Waals surface area contributed by atoms with E-state index in [1.54, 1.807) is 6.07 Å². The second-order valence-corrected chi connectivity index (χ2v) is 5.27. The minimum Gasteiger partial charge on any atom is -0.361 e. The van der Waals surface area contributed by atoms with Crippen LogP contribution < -0.4 is 4.90 Å². The van der Waals surface area contributed by atoms with Gasteiger partial charge in [-0.15, -0.1) is 0 Å². The molecule has 0 aliphatic carbocycles. The number of rotatable bonds is 2. The molecule has 0 radical (unpaired) electrons. The van der Waals surface area contributed by atoms with Crippen molar-refractivity contribution >= 4 is 5.69 Å². The molecule has 3 nitrogen and oxygen atoms in total. The highest BCUT2D eigenvalue weighted by Gasteiger charge is 2.29. The van der Waals surface area contributed by atoms with Crippen molar-refractivity contribution in [3.63, 3.8) is 0 Å². The van der Waals surface area contributed by atoms with Crippen molar-refractivity contribution in [1.82, 2.24) is 4.90 Å². The summed E-state index contributed by atoms with van der Waals surface area (Å²) in [5, 5.41) is 9.03. The molecule has 1 aliphatic rings. The highest BCUT2D eigenvalue weighted by molar-refractivity contribution is 5.50. The molecule has 1 aromatic rings. The van der Waals surface area contributed by atoms with Gasteiger partial charge in [0.05, 0.1) is 24.2 Å². The standard InChI is InChI=1S/C15H20FN3/c1-12-8-10-18(2)11-13(7-9-17)19(12)15-6-4-3-5-14(15)16/h3-6,12-13H,7-8,10-11H2,1-2H3. The minimum atomic E-state index is -0.207. The Bertz CT molecular complexity index is 469. The van der Waals surface area contributed by atoms with Gasteiger partial charge in [0.1, 0.15) is 5.82 Å². The fourth-order valence-electron chi connectivity index (χ4n) is 2.81. The third-order valence-electron chi connectivity index (χ3n) is 3.78. The lowest BCUT2D eigenvalue weighted by atomic mass is 10.1. The SMILES string of the molecule is CC1CCN(C)CC(CC#N)N1c1ccccc1F. The molecule has 0 bridgehead atoms. The van der Waals surface area contributed by atoms with Crippen LogP contribution in [0.1, 0.15) is 19.8 Å². The third kappa shape index (κ3) is 3.05. The van der Waals surface area contributed by atoms with Gasteiger partial charge in [-0.1, -0.05) is 12.1 Å². The fraction of sp³-hybridized carbons (Fsp3) is 0.533. The lowest BCUT2D eigenvalue weighted by Gasteiger charge is -2.36. The van der Waals surface area contributed by atoms with Crippen LogP contribution in [0.4, 0.5) is 10.1 Å². The van der Waals surface area contributed by atoms with Crippen LogP contribution in [-0.2, 0) is 0 Å². The topological polar surface area (TPSA) is 30.3 Å². The van der Waals surface area contributed by atoms with Crippen LogP contribution in [0.2, 0.25) is 0 Å². The molecule has 4 heteroatoms. The van der Waals surface area contributed by atoms with Gasteiger partial charge in [0, 0.05) is 12.6 Å². The summed E-state index contributed by atoms with van der Waals surface area (Å²) in [6.45, 7) is 3.89. The zero-order valence-electron chi connectivity index (χ0n) is 11.5. The average Bonchev–Trinajstić information content (AvgIpc) is 2.51. The first-order chi connectivity index (χ1) is 9.13. The summed E-state index contributed by atoms with van der Waals surface area (Å²) in [5.74, 6) is -0.207. The quantitative estimate of drug-likeness (QED) is 0.820. The van der Waals surface area contributed by atoms with Crippen LogP contribution in [0.25, 0.3) is 0 Å². The normalized spacial score (nSPS) is 24.8. The minimum absolute atomic E-state index is 0.0457. The highest BCUT2D eigenvalue weighted by atomic mass is 19.1. The second-order valence-electron chi connectivity index (χ2n) is 5.27. The van der Waals surface area contributed by atoms with E-state index >= 15 is 0 Å². The van der Waals surface area contributed by atoms with Gasteiger partial charge in [-0.25, -0.2) is 4.39 Å². The number of likely N-dealkylation sites (N-methyl/N-ethyl adjacent to an activating group) is 1. The predicted molar refractivity (Wildman–Crippen MR) is 74.5 cm³/mol. The summed E-state index contributed by atoms with van der Waals surface area (Å²) in [7, 11) is 2.06. The van der Waals surface area contributed by atoms with Crippen molar-refractivity contribution in [2.45, 2.75) is 31.8 Å². The summed E-state index contributed by atoms with van der Waals surface area (Å²) >= 11 is 0. The smallest absolute Gasteiger partial charge is 0.146 e. The molecule has 1 saturated heterocycles. The molecule has 1 aromatic carbocycles. The molecule has 102 valence electrons. The number of nitrogens with zero attached hydrogens (tertiary/aromatic N) is 3. The lowest BCUT2D eigenvalue weighted by molar-refractivity contribution is 0.331. The predicted octanol–water partition coefficient (Wildman–Crippen LogP) is 2.64. The fourth-order valence-corrected chi connectivity index (χ4v) is 2.81. The Morgan fingerprint density at radius 3 is 2.84 bits per heavy atom. The van der Waals surface area contributed by atoms with Crippen LogP contribution in [-0.4, -0.2) is 37.1 Å². The van der Waals surface area contributed by atoms with E-state index in [0.717, 1.165) is 19.5 Å². The van der Waals surface area contributed by atoms with Gasteiger partial charge < -0.3 is 9.80 Å². The maximum atomic E-state index is 14.1. The van der Waals surface area contributed by atoms with E-state index in [2.05, 4.69) is 29.8 Å². The molecular formula is C15H20FN3. The van der Waals surface area contributed by atoms with Gasteiger partial charge in [0.2, 0.25) is 0 Å². The molecule has 1 heterocycles. The molecular weight excluding hydrogens is 241 g/mol. The number of anilines is 1. The molecule has 19 heavy (non-hydrogen) atoms. The number of benzene rings is 1. The molecule has 2 atom stereocenters. The van der Waals surface area contributed by atoms with Gasteiger partial charge >= 0.3 is 0 Å². The zero-order valence-corrected chi connectivity index (χ0v) is 11.5. The monoisotopic (exact) mass is 261 g/mol. The molecule has 1 aliphatic heterocycles. The Morgan fingerprint density at radius 2 is 2.16 bits per heavy atom. The lowest BCUT2D eigenvalue weighted by Crippen LogP contribution is -2.44. The van der Waals surface area contributed by atoms with E-state index in [1.807, 2.05) is 12.1 Å². The average molecular weight is 261 g/mol. The Hall–Kier alpha value is -1.60. The summed E-state index contributed by atoms with van der Waals surface area (Å²) in [6, 6.07) is 9.36. The summed E-state index contributed by atoms with van der Waals surface area (Å²) in [5.41, 5.74) is 0.616. The van der Waals surface area contributed by atoms with E-state index in [-0.39, 0.29) is 17.9 Å². The van der Waals surface area contributed by atoms with E-state index in [9.17, 15) is 4.39 Å². The Labute approximate surface area is 114 Å². The van der Waals surface area contributed by atoms with Gasteiger partial charge in [0.15, 0.2) is 0 Å². The maximum absolute atomic E-state index is 14.1. The first-order valence-corrected chi connectivity index (χ1v) is 6.72. The Kier molecular flexibility index (Phi) is 4.39. The highest BCUT2D eigenvalue weighted by Crippen LogP contribution is 2.28. The molecule has 2 rings (SSSR count). The summed E-state index contributed by atoms with van der Waals surface area (Å²) < 4.78 is 14.1. The van der Waals surface area contributed by atoms with Gasteiger partial charge in [-0.3, -0.25) is 0 Å². The van der Waals surface area contributed by atoms with Crippen LogP contribution in [0.3, 0.4) is 0 Å². The van der Waals surface area contributed by atoms with E-state index in [1.165, 1.54) is 6.07 Å². The zero-order chi connectivity index (χ0) is 13.8. The first kappa shape index (κ1) is 13.8. The van der Waals surface area contributed by atoms with Crippen molar-refractivity contribution in [3.8, 4) is 6.07 Å². The van der Waals surface area contributed by atoms with Crippen LogP contribution >= 0.6 is 0 Å². The molecule has 1 fully saturated rings.